The maximum atomic E-state index is 14.6. The van der Waals surface area contributed by atoms with Crippen molar-refractivity contribution in [2.24, 2.45) is 0 Å². The molecule has 140 valence electrons. The van der Waals surface area contributed by atoms with Crippen molar-refractivity contribution in [2.45, 2.75) is 12.8 Å². The van der Waals surface area contributed by atoms with Crippen molar-refractivity contribution in [2.75, 3.05) is 25.6 Å². The Morgan fingerprint density at radius 3 is 2.81 bits per heavy atom. The van der Waals surface area contributed by atoms with Crippen LogP contribution in [0.1, 0.15) is 23.2 Å². The number of anilines is 1. The molecule has 1 N–H and O–H groups in total. The van der Waals surface area contributed by atoms with Gasteiger partial charge in [-0.15, -0.1) is 0 Å². The average Bonchev–Trinajstić information content (AvgIpc) is 2.70. The van der Waals surface area contributed by atoms with E-state index in [-0.39, 0.29) is 11.4 Å². The lowest BCUT2D eigenvalue weighted by atomic mass is 10.1. The number of fused-ring (bicyclic) bond motifs is 1. The van der Waals surface area contributed by atoms with Crippen LogP contribution in [0.2, 0.25) is 0 Å². The molecule has 27 heavy (non-hydrogen) atoms. The summed E-state index contributed by atoms with van der Waals surface area (Å²) in [5.41, 5.74) is 1.31. The van der Waals surface area contributed by atoms with Gasteiger partial charge in [0.25, 0.3) is 5.91 Å². The first-order chi connectivity index (χ1) is 13.2. The number of pyridine rings is 1. The molecule has 0 saturated heterocycles. The summed E-state index contributed by atoms with van der Waals surface area (Å²) in [4.78, 5) is 16.7. The van der Waals surface area contributed by atoms with Gasteiger partial charge in [0.15, 0.2) is 11.6 Å². The molecular weight excluding hydrogens is 347 g/mol. The predicted molar refractivity (Wildman–Crippen MR) is 103 cm³/mol. The van der Waals surface area contributed by atoms with Gasteiger partial charge in [-0.1, -0.05) is 12.1 Å². The predicted octanol–water partition coefficient (Wildman–Crippen LogP) is 4.43. The Kier molecular flexibility index (Phi) is 6.33. The Labute approximate surface area is 157 Å². The van der Waals surface area contributed by atoms with Gasteiger partial charge in [-0.25, -0.2) is 4.39 Å². The molecule has 1 aromatic heterocycles. The van der Waals surface area contributed by atoms with E-state index >= 15 is 0 Å². The highest BCUT2D eigenvalue weighted by Gasteiger charge is 2.13. The number of carbonyl (C=O) groups excluding carboxylic acids is 1. The van der Waals surface area contributed by atoms with Gasteiger partial charge in [0.1, 0.15) is 0 Å². The summed E-state index contributed by atoms with van der Waals surface area (Å²) in [6, 6.07) is 13.5. The maximum absolute atomic E-state index is 14.6. The van der Waals surface area contributed by atoms with Crippen LogP contribution < -0.4 is 10.1 Å². The first kappa shape index (κ1) is 18.8. The highest BCUT2D eigenvalue weighted by atomic mass is 19.1. The number of hydrogen-bond donors (Lipinski definition) is 1. The summed E-state index contributed by atoms with van der Waals surface area (Å²) in [6.45, 7) is 1.03. The molecule has 3 aromatic rings. The first-order valence-electron chi connectivity index (χ1n) is 8.75. The minimum atomic E-state index is -0.583. The van der Waals surface area contributed by atoms with Crippen LogP contribution in [0.25, 0.3) is 10.9 Å². The highest BCUT2D eigenvalue weighted by Crippen LogP contribution is 2.25. The lowest BCUT2D eigenvalue weighted by Crippen LogP contribution is -2.13. The van der Waals surface area contributed by atoms with E-state index in [2.05, 4.69) is 10.3 Å². The number of rotatable bonds is 8. The third kappa shape index (κ3) is 4.80. The zero-order chi connectivity index (χ0) is 19.1. The second-order valence-electron chi connectivity index (χ2n) is 6.03. The molecule has 0 saturated carbocycles. The number of nitrogens with zero attached hydrogens (tertiary/aromatic N) is 1. The number of aromatic nitrogens is 1. The number of benzene rings is 2. The van der Waals surface area contributed by atoms with E-state index in [1.54, 1.807) is 49.7 Å². The van der Waals surface area contributed by atoms with Crippen LogP contribution in [0.5, 0.6) is 5.75 Å². The summed E-state index contributed by atoms with van der Waals surface area (Å²) in [5, 5.41) is 3.45. The molecule has 2 aromatic carbocycles. The molecule has 3 rings (SSSR count). The third-order valence-corrected chi connectivity index (χ3v) is 4.08. The van der Waals surface area contributed by atoms with E-state index in [0.29, 0.717) is 18.8 Å². The van der Waals surface area contributed by atoms with E-state index in [0.717, 1.165) is 23.7 Å². The summed E-state index contributed by atoms with van der Waals surface area (Å²) < 4.78 is 25.0. The van der Waals surface area contributed by atoms with Crippen molar-refractivity contribution >= 4 is 22.5 Å². The largest absolute Gasteiger partial charge is 0.490 e. The quantitative estimate of drug-likeness (QED) is 0.598. The van der Waals surface area contributed by atoms with Crippen LogP contribution in [0.3, 0.4) is 0 Å². The maximum Gasteiger partial charge on any atom is 0.255 e. The van der Waals surface area contributed by atoms with E-state index in [4.69, 9.17) is 9.47 Å². The molecule has 0 atom stereocenters. The number of methoxy groups -OCH3 is 1. The minimum absolute atomic E-state index is 0.0840. The summed E-state index contributed by atoms with van der Waals surface area (Å²) in [5.74, 6) is -0.857. The summed E-state index contributed by atoms with van der Waals surface area (Å²) >= 11 is 0. The number of unbranched alkanes of at least 4 members (excludes halogenated alkanes) is 1. The van der Waals surface area contributed by atoms with Crippen molar-refractivity contribution in [3.8, 4) is 5.75 Å². The standard InChI is InChI=1S/C21H21FN2O3/c1-26-12-2-3-13-27-19-8-4-7-18(20(19)22)24-21(25)16-9-10-17-15(14-16)6-5-11-23-17/h4-11,14H,2-3,12-13H2,1H3,(H,24,25). The molecule has 0 bridgehead atoms. The highest BCUT2D eigenvalue weighted by molar-refractivity contribution is 6.06. The van der Waals surface area contributed by atoms with E-state index in [1.807, 2.05) is 6.07 Å². The normalized spacial score (nSPS) is 10.7. The van der Waals surface area contributed by atoms with E-state index < -0.39 is 11.7 Å². The zero-order valence-corrected chi connectivity index (χ0v) is 15.1. The van der Waals surface area contributed by atoms with Crippen LogP contribution >= 0.6 is 0 Å². The van der Waals surface area contributed by atoms with Crippen LogP contribution in [0.4, 0.5) is 10.1 Å². The van der Waals surface area contributed by atoms with Crippen LogP contribution in [-0.4, -0.2) is 31.2 Å². The lowest BCUT2D eigenvalue weighted by molar-refractivity contribution is 0.102. The number of carbonyl (C=O) groups is 1. The summed E-state index contributed by atoms with van der Waals surface area (Å²) in [7, 11) is 1.64. The molecule has 0 radical (unpaired) electrons. The van der Waals surface area contributed by atoms with Crippen molar-refractivity contribution in [3.05, 3.63) is 66.1 Å². The van der Waals surface area contributed by atoms with Gasteiger partial charge in [-0.3, -0.25) is 9.78 Å². The molecule has 5 nitrogen and oxygen atoms in total. The van der Waals surface area contributed by atoms with Crippen LogP contribution in [0, 0.1) is 5.82 Å². The van der Waals surface area contributed by atoms with Gasteiger partial charge < -0.3 is 14.8 Å². The fourth-order valence-electron chi connectivity index (χ4n) is 2.66. The topological polar surface area (TPSA) is 60.5 Å². The van der Waals surface area contributed by atoms with Gasteiger partial charge in [0.05, 0.1) is 17.8 Å². The lowest BCUT2D eigenvalue weighted by Gasteiger charge is -2.11. The van der Waals surface area contributed by atoms with Crippen molar-refractivity contribution < 1.29 is 18.7 Å². The van der Waals surface area contributed by atoms with E-state index in [9.17, 15) is 9.18 Å². The van der Waals surface area contributed by atoms with Crippen molar-refractivity contribution in [1.82, 2.24) is 4.98 Å². The molecule has 0 fully saturated rings. The monoisotopic (exact) mass is 368 g/mol. The van der Waals surface area contributed by atoms with E-state index in [1.165, 1.54) is 6.07 Å². The first-order valence-corrected chi connectivity index (χ1v) is 8.75. The van der Waals surface area contributed by atoms with Crippen LogP contribution in [-0.2, 0) is 4.74 Å². The molecule has 1 amide bonds. The molecule has 0 aliphatic rings. The smallest absolute Gasteiger partial charge is 0.255 e. The Balaban J connectivity index is 1.68. The molecule has 0 spiro atoms. The zero-order valence-electron chi connectivity index (χ0n) is 15.1. The van der Waals surface area contributed by atoms with Gasteiger partial charge in [0, 0.05) is 30.9 Å². The fourth-order valence-corrected chi connectivity index (χ4v) is 2.66. The third-order valence-electron chi connectivity index (χ3n) is 4.08. The number of halogens is 1. The molecule has 0 unspecified atom stereocenters. The number of amides is 1. The van der Waals surface area contributed by atoms with Gasteiger partial charge in [-0.2, -0.15) is 0 Å². The van der Waals surface area contributed by atoms with Gasteiger partial charge in [-0.05, 0) is 49.2 Å². The van der Waals surface area contributed by atoms with Gasteiger partial charge in [0.2, 0.25) is 0 Å². The number of nitrogens with one attached hydrogen (secondary N) is 1. The molecule has 0 aliphatic carbocycles. The average molecular weight is 368 g/mol. The Morgan fingerprint density at radius 2 is 1.96 bits per heavy atom. The fraction of sp³-hybridized carbons (Fsp3) is 0.238. The van der Waals surface area contributed by atoms with Crippen LogP contribution in [0.15, 0.2) is 54.7 Å². The van der Waals surface area contributed by atoms with Crippen molar-refractivity contribution in [3.63, 3.8) is 0 Å². The Bertz CT molecular complexity index is 930. The second-order valence-corrected chi connectivity index (χ2v) is 6.03. The second kappa shape index (κ2) is 9.09. The molecular formula is C21H21FN2O3. The molecule has 6 heteroatoms. The van der Waals surface area contributed by atoms with Crippen molar-refractivity contribution in [1.29, 1.82) is 0 Å². The minimum Gasteiger partial charge on any atom is -0.490 e. The summed E-state index contributed by atoms with van der Waals surface area (Å²) in [6.07, 6.45) is 3.29. The molecule has 1 heterocycles. The molecule has 0 aliphatic heterocycles. The van der Waals surface area contributed by atoms with Gasteiger partial charge >= 0.3 is 0 Å². The number of hydrogen-bond acceptors (Lipinski definition) is 4. The number of ether oxygens (including phenoxy) is 2. The Hall–Kier alpha value is -2.99. The SMILES string of the molecule is COCCCCOc1cccc(NC(=O)c2ccc3ncccc3c2)c1F. The Morgan fingerprint density at radius 1 is 1.11 bits per heavy atom.